The van der Waals surface area contributed by atoms with Crippen LogP contribution in [0, 0.1) is 0 Å². The zero-order valence-corrected chi connectivity index (χ0v) is 9.04. The van der Waals surface area contributed by atoms with Gasteiger partial charge in [-0.25, -0.2) is 4.98 Å². The minimum Gasteiger partial charge on any atom is -0.342 e. The third kappa shape index (κ3) is 4.58. The Morgan fingerprint density at radius 1 is 1.40 bits per heavy atom. The number of carbonyl (C=O) groups excluding carboxylic acids is 1. The van der Waals surface area contributed by atoms with E-state index in [0.717, 1.165) is 19.3 Å². The summed E-state index contributed by atoms with van der Waals surface area (Å²) in [6.45, 7) is 3.67. The van der Waals surface area contributed by atoms with Gasteiger partial charge in [-0.3, -0.25) is 4.79 Å². The van der Waals surface area contributed by atoms with Crippen molar-refractivity contribution >= 4 is 5.78 Å². The first kappa shape index (κ1) is 11.7. The standard InChI is InChI=1S/C12H18N2O/c1-2-3-4-5-6-7-8-11(15)12-13-9-10-14-12/h2,9-10H,1,3-8H2,(H,13,14). The second kappa shape index (κ2) is 6.98. The van der Waals surface area contributed by atoms with E-state index >= 15 is 0 Å². The molecule has 1 aromatic heterocycles. The maximum absolute atomic E-state index is 11.5. The number of ketones is 1. The molecule has 0 amide bonds. The van der Waals surface area contributed by atoms with Gasteiger partial charge in [-0.1, -0.05) is 18.9 Å². The van der Waals surface area contributed by atoms with Crippen LogP contribution < -0.4 is 0 Å². The van der Waals surface area contributed by atoms with Gasteiger partial charge < -0.3 is 4.98 Å². The summed E-state index contributed by atoms with van der Waals surface area (Å²) >= 11 is 0. The fourth-order valence-corrected chi connectivity index (χ4v) is 1.46. The monoisotopic (exact) mass is 206 g/mol. The number of unbranched alkanes of at least 4 members (excludes halogenated alkanes) is 4. The Morgan fingerprint density at radius 3 is 2.87 bits per heavy atom. The number of aromatic nitrogens is 2. The molecule has 15 heavy (non-hydrogen) atoms. The molecule has 0 aromatic carbocycles. The highest BCUT2D eigenvalue weighted by Crippen LogP contribution is 2.07. The molecule has 0 saturated heterocycles. The van der Waals surface area contributed by atoms with Crippen molar-refractivity contribution in [3.63, 3.8) is 0 Å². The number of hydrogen-bond acceptors (Lipinski definition) is 2. The van der Waals surface area contributed by atoms with Gasteiger partial charge in [0.2, 0.25) is 0 Å². The van der Waals surface area contributed by atoms with Crippen LogP contribution in [-0.4, -0.2) is 15.8 Å². The summed E-state index contributed by atoms with van der Waals surface area (Å²) < 4.78 is 0. The Bertz CT molecular complexity index is 291. The molecule has 0 fully saturated rings. The number of nitrogens with zero attached hydrogens (tertiary/aromatic N) is 1. The Balaban J connectivity index is 2.05. The number of carbonyl (C=O) groups is 1. The first-order chi connectivity index (χ1) is 7.34. The SMILES string of the molecule is C=CCCCCCCC(=O)c1ncc[nH]1. The highest BCUT2D eigenvalue weighted by atomic mass is 16.1. The summed E-state index contributed by atoms with van der Waals surface area (Å²) in [7, 11) is 0. The van der Waals surface area contributed by atoms with E-state index in [1.165, 1.54) is 12.8 Å². The number of rotatable bonds is 8. The van der Waals surface area contributed by atoms with Crippen molar-refractivity contribution in [1.82, 2.24) is 9.97 Å². The van der Waals surface area contributed by atoms with E-state index in [0.29, 0.717) is 12.2 Å². The van der Waals surface area contributed by atoms with E-state index in [1.54, 1.807) is 12.4 Å². The van der Waals surface area contributed by atoms with Gasteiger partial charge in [0.15, 0.2) is 11.6 Å². The lowest BCUT2D eigenvalue weighted by molar-refractivity contribution is 0.0970. The van der Waals surface area contributed by atoms with Crippen LogP contribution in [-0.2, 0) is 0 Å². The average molecular weight is 206 g/mol. The molecule has 0 saturated carbocycles. The molecule has 1 heterocycles. The molecule has 0 unspecified atom stereocenters. The molecule has 0 atom stereocenters. The molecule has 0 spiro atoms. The van der Waals surface area contributed by atoms with Crippen molar-refractivity contribution in [2.24, 2.45) is 0 Å². The molecule has 0 aliphatic rings. The summed E-state index contributed by atoms with van der Waals surface area (Å²) in [6, 6.07) is 0. The molecule has 3 heteroatoms. The van der Waals surface area contributed by atoms with Gasteiger partial charge in [-0.15, -0.1) is 6.58 Å². The highest BCUT2D eigenvalue weighted by Gasteiger charge is 2.06. The van der Waals surface area contributed by atoms with Crippen LogP contribution in [0.15, 0.2) is 25.0 Å². The number of H-pyrrole nitrogens is 1. The molecule has 82 valence electrons. The van der Waals surface area contributed by atoms with Crippen LogP contribution >= 0.6 is 0 Å². The average Bonchev–Trinajstić information content (AvgIpc) is 2.76. The normalized spacial score (nSPS) is 10.1. The molecule has 0 bridgehead atoms. The van der Waals surface area contributed by atoms with Gasteiger partial charge in [0.25, 0.3) is 0 Å². The van der Waals surface area contributed by atoms with Crippen LogP contribution in [0.2, 0.25) is 0 Å². The Labute approximate surface area is 90.6 Å². The Kier molecular flexibility index (Phi) is 5.44. The van der Waals surface area contributed by atoms with Gasteiger partial charge in [-0.05, 0) is 19.3 Å². The first-order valence-electron chi connectivity index (χ1n) is 5.48. The fraction of sp³-hybridized carbons (Fsp3) is 0.500. The maximum Gasteiger partial charge on any atom is 0.198 e. The quantitative estimate of drug-likeness (QED) is 0.403. The maximum atomic E-state index is 11.5. The molecule has 1 rings (SSSR count). The number of imidazole rings is 1. The number of allylic oxidation sites excluding steroid dienone is 1. The predicted molar refractivity (Wildman–Crippen MR) is 60.8 cm³/mol. The lowest BCUT2D eigenvalue weighted by Crippen LogP contribution is -2.01. The van der Waals surface area contributed by atoms with Crippen LogP contribution in [0.3, 0.4) is 0 Å². The highest BCUT2D eigenvalue weighted by molar-refractivity contribution is 5.92. The zero-order valence-electron chi connectivity index (χ0n) is 9.04. The zero-order chi connectivity index (χ0) is 10.9. The second-order valence-electron chi connectivity index (χ2n) is 3.60. The van der Waals surface area contributed by atoms with Gasteiger partial charge in [-0.2, -0.15) is 0 Å². The number of aromatic amines is 1. The number of Topliss-reactive ketones (excluding diaryl/α,β-unsaturated/α-hetero) is 1. The van der Waals surface area contributed by atoms with Crippen molar-refractivity contribution in [3.8, 4) is 0 Å². The minimum absolute atomic E-state index is 0.115. The van der Waals surface area contributed by atoms with Crippen molar-refractivity contribution in [1.29, 1.82) is 0 Å². The predicted octanol–water partition coefficient (Wildman–Crippen LogP) is 3.12. The lowest BCUT2D eigenvalue weighted by Gasteiger charge is -1.98. The molecule has 0 aliphatic heterocycles. The minimum atomic E-state index is 0.115. The summed E-state index contributed by atoms with van der Waals surface area (Å²) in [6.07, 6.45) is 11.3. The van der Waals surface area contributed by atoms with Gasteiger partial charge in [0.1, 0.15) is 0 Å². The number of hydrogen-bond donors (Lipinski definition) is 1. The second-order valence-corrected chi connectivity index (χ2v) is 3.60. The van der Waals surface area contributed by atoms with Gasteiger partial charge >= 0.3 is 0 Å². The Morgan fingerprint density at radius 2 is 2.20 bits per heavy atom. The smallest absolute Gasteiger partial charge is 0.198 e. The van der Waals surface area contributed by atoms with Crippen LogP contribution in [0.25, 0.3) is 0 Å². The summed E-state index contributed by atoms with van der Waals surface area (Å²) in [4.78, 5) is 18.2. The van der Waals surface area contributed by atoms with Crippen molar-refractivity contribution < 1.29 is 4.79 Å². The van der Waals surface area contributed by atoms with E-state index in [9.17, 15) is 4.79 Å². The largest absolute Gasteiger partial charge is 0.342 e. The van der Waals surface area contributed by atoms with E-state index < -0.39 is 0 Å². The van der Waals surface area contributed by atoms with Crippen molar-refractivity contribution in [2.75, 3.05) is 0 Å². The summed E-state index contributed by atoms with van der Waals surface area (Å²) in [5, 5.41) is 0. The van der Waals surface area contributed by atoms with E-state index in [1.807, 2.05) is 6.08 Å². The van der Waals surface area contributed by atoms with E-state index in [4.69, 9.17) is 0 Å². The molecular weight excluding hydrogens is 188 g/mol. The molecule has 1 N–H and O–H groups in total. The first-order valence-corrected chi connectivity index (χ1v) is 5.48. The van der Waals surface area contributed by atoms with Crippen LogP contribution in [0.5, 0.6) is 0 Å². The number of nitrogens with one attached hydrogen (secondary N) is 1. The summed E-state index contributed by atoms with van der Waals surface area (Å²) in [5.74, 6) is 0.602. The van der Waals surface area contributed by atoms with Crippen molar-refractivity contribution in [2.45, 2.75) is 38.5 Å². The van der Waals surface area contributed by atoms with Gasteiger partial charge in [0.05, 0.1) is 0 Å². The molecule has 0 aliphatic carbocycles. The lowest BCUT2D eigenvalue weighted by atomic mass is 10.1. The molecular formula is C12H18N2O. The molecule has 1 aromatic rings. The van der Waals surface area contributed by atoms with E-state index in [2.05, 4.69) is 16.5 Å². The van der Waals surface area contributed by atoms with E-state index in [-0.39, 0.29) is 5.78 Å². The molecule has 3 nitrogen and oxygen atoms in total. The van der Waals surface area contributed by atoms with Gasteiger partial charge in [0, 0.05) is 18.8 Å². The molecule has 0 radical (unpaired) electrons. The van der Waals surface area contributed by atoms with Crippen LogP contribution in [0.4, 0.5) is 0 Å². The topological polar surface area (TPSA) is 45.8 Å². The third-order valence-electron chi connectivity index (χ3n) is 2.32. The summed E-state index contributed by atoms with van der Waals surface area (Å²) in [5.41, 5.74) is 0. The van der Waals surface area contributed by atoms with Crippen LogP contribution in [0.1, 0.15) is 49.1 Å². The fourth-order valence-electron chi connectivity index (χ4n) is 1.46. The third-order valence-corrected chi connectivity index (χ3v) is 2.32. The Hall–Kier alpha value is -1.38. The van der Waals surface area contributed by atoms with Crippen molar-refractivity contribution in [3.05, 3.63) is 30.9 Å².